The third-order valence-corrected chi connectivity index (χ3v) is 6.54. The lowest BCUT2D eigenvalue weighted by molar-refractivity contribution is 0.377. The number of methoxy groups -OCH3 is 1. The minimum Gasteiger partial charge on any atom is -0.496 e. The Balaban J connectivity index is 2.16. The molecule has 0 spiro atoms. The van der Waals surface area contributed by atoms with E-state index in [-0.39, 0.29) is 17.6 Å². The molecule has 2 rings (SSSR count). The molecule has 1 aromatic rings. The van der Waals surface area contributed by atoms with Crippen molar-refractivity contribution in [3.8, 4) is 5.75 Å². The van der Waals surface area contributed by atoms with Gasteiger partial charge in [0.25, 0.3) is 0 Å². The van der Waals surface area contributed by atoms with E-state index in [0.29, 0.717) is 11.6 Å². The lowest BCUT2D eigenvalue weighted by atomic mass is 9.87. The van der Waals surface area contributed by atoms with Crippen molar-refractivity contribution in [1.29, 1.82) is 0 Å². The van der Waals surface area contributed by atoms with Crippen molar-refractivity contribution < 1.29 is 13.2 Å². The van der Waals surface area contributed by atoms with E-state index in [0.717, 1.165) is 28.6 Å². The van der Waals surface area contributed by atoms with Crippen LogP contribution in [0, 0.1) is 11.8 Å². The fourth-order valence-corrected chi connectivity index (χ4v) is 5.42. The molecule has 0 saturated carbocycles. The van der Waals surface area contributed by atoms with Gasteiger partial charge in [0.05, 0.1) is 18.6 Å². The van der Waals surface area contributed by atoms with E-state index in [4.69, 9.17) is 16.3 Å². The normalized spacial score (nSPS) is 22.6. The van der Waals surface area contributed by atoms with E-state index in [2.05, 4.69) is 15.9 Å². The standard InChI is InChI=1S/C14H18BrClO3S/c1-19-14-3-2-13(15)7-11(14)6-12(8-16)10-4-5-20(17,18)9-10/h2-3,7,10,12H,4-6,8-9H2,1H3. The largest absolute Gasteiger partial charge is 0.496 e. The molecule has 1 fully saturated rings. The summed E-state index contributed by atoms with van der Waals surface area (Å²) in [7, 11) is -1.22. The van der Waals surface area contributed by atoms with Gasteiger partial charge in [-0.15, -0.1) is 11.6 Å². The van der Waals surface area contributed by atoms with Gasteiger partial charge in [0.1, 0.15) is 5.75 Å². The molecule has 1 aliphatic rings. The van der Waals surface area contributed by atoms with Crippen molar-refractivity contribution in [2.24, 2.45) is 11.8 Å². The highest BCUT2D eigenvalue weighted by Gasteiger charge is 2.33. The molecule has 1 saturated heterocycles. The van der Waals surface area contributed by atoms with Gasteiger partial charge in [-0.05, 0) is 48.4 Å². The lowest BCUT2D eigenvalue weighted by Gasteiger charge is -2.21. The van der Waals surface area contributed by atoms with Gasteiger partial charge in [-0.2, -0.15) is 0 Å². The van der Waals surface area contributed by atoms with Gasteiger partial charge in [-0.25, -0.2) is 8.42 Å². The van der Waals surface area contributed by atoms with Crippen LogP contribution in [0.4, 0.5) is 0 Å². The van der Waals surface area contributed by atoms with Gasteiger partial charge in [-0.3, -0.25) is 0 Å². The van der Waals surface area contributed by atoms with Crippen LogP contribution in [0.2, 0.25) is 0 Å². The first-order valence-electron chi connectivity index (χ1n) is 6.54. The van der Waals surface area contributed by atoms with Crippen molar-refractivity contribution in [3.05, 3.63) is 28.2 Å². The van der Waals surface area contributed by atoms with E-state index in [1.807, 2.05) is 18.2 Å². The Morgan fingerprint density at radius 2 is 2.25 bits per heavy atom. The van der Waals surface area contributed by atoms with E-state index in [1.54, 1.807) is 7.11 Å². The molecule has 0 radical (unpaired) electrons. The number of sulfone groups is 1. The Hall–Kier alpha value is -0.260. The van der Waals surface area contributed by atoms with Crippen LogP contribution in [0.5, 0.6) is 5.75 Å². The van der Waals surface area contributed by atoms with Crippen LogP contribution in [0.3, 0.4) is 0 Å². The molecule has 3 nitrogen and oxygen atoms in total. The SMILES string of the molecule is COc1ccc(Br)cc1CC(CCl)C1CCS(=O)(=O)C1. The quantitative estimate of drug-likeness (QED) is 0.735. The van der Waals surface area contributed by atoms with Crippen LogP contribution in [0.1, 0.15) is 12.0 Å². The molecule has 1 aliphatic heterocycles. The van der Waals surface area contributed by atoms with Gasteiger partial charge in [0.2, 0.25) is 0 Å². The highest BCUT2D eigenvalue weighted by Crippen LogP contribution is 2.32. The minimum absolute atomic E-state index is 0.154. The number of hydrogen-bond donors (Lipinski definition) is 0. The van der Waals surface area contributed by atoms with Crippen molar-refractivity contribution in [3.63, 3.8) is 0 Å². The fourth-order valence-electron chi connectivity index (χ4n) is 2.73. The molecule has 6 heteroatoms. The number of hydrogen-bond acceptors (Lipinski definition) is 3. The maximum atomic E-state index is 11.6. The van der Waals surface area contributed by atoms with Crippen LogP contribution < -0.4 is 4.74 Å². The van der Waals surface area contributed by atoms with Crippen LogP contribution >= 0.6 is 27.5 Å². The number of rotatable bonds is 5. The number of benzene rings is 1. The molecule has 0 aliphatic carbocycles. The van der Waals surface area contributed by atoms with Crippen LogP contribution in [-0.4, -0.2) is 32.9 Å². The van der Waals surface area contributed by atoms with E-state index in [9.17, 15) is 8.42 Å². The Morgan fingerprint density at radius 1 is 1.50 bits per heavy atom. The Labute approximate surface area is 133 Å². The average Bonchev–Trinajstić information content (AvgIpc) is 2.76. The summed E-state index contributed by atoms with van der Waals surface area (Å²) in [5.41, 5.74) is 1.07. The Morgan fingerprint density at radius 3 is 2.80 bits per heavy atom. The predicted molar refractivity (Wildman–Crippen MR) is 85.4 cm³/mol. The molecule has 0 bridgehead atoms. The van der Waals surface area contributed by atoms with Crippen molar-refractivity contribution in [2.45, 2.75) is 12.8 Å². The predicted octanol–water partition coefficient (Wildman–Crippen LogP) is 3.29. The third kappa shape index (κ3) is 3.89. The topological polar surface area (TPSA) is 43.4 Å². The first-order chi connectivity index (χ1) is 9.45. The van der Waals surface area contributed by atoms with Gasteiger partial charge in [-0.1, -0.05) is 15.9 Å². The van der Waals surface area contributed by atoms with Crippen LogP contribution in [-0.2, 0) is 16.3 Å². The summed E-state index contributed by atoms with van der Waals surface area (Å²) in [6.07, 6.45) is 1.46. The van der Waals surface area contributed by atoms with Gasteiger partial charge < -0.3 is 4.74 Å². The highest BCUT2D eigenvalue weighted by molar-refractivity contribution is 9.10. The first kappa shape index (κ1) is 16.1. The summed E-state index contributed by atoms with van der Waals surface area (Å²) < 4.78 is 29.6. The second-order valence-corrected chi connectivity index (χ2v) is 8.69. The molecule has 0 amide bonds. The zero-order chi connectivity index (χ0) is 14.8. The molecule has 0 N–H and O–H groups in total. The number of alkyl halides is 1. The fraction of sp³-hybridized carbons (Fsp3) is 0.571. The molecular formula is C14H18BrClO3S. The van der Waals surface area contributed by atoms with Crippen LogP contribution in [0.25, 0.3) is 0 Å². The van der Waals surface area contributed by atoms with Crippen molar-refractivity contribution in [1.82, 2.24) is 0 Å². The Bertz CT molecular complexity index is 574. The summed E-state index contributed by atoms with van der Waals surface area (Å²) in [5.74, 6) is 2.17. The van der Waals surface area contributed by atoms with Crippen molar-refractivity contribution >= 4 is 37.4 Å². The third-order valence-electron chi connectivity index (χ3n) is 3.86. The van der Waals surface area contributed by atoms with Gasteiger partial charge in [0, 0.05) is 10.4 Å². The molecule has 112 valence electrons. The second-order valence-electron chi connectivity index (χ2n) is 5.24. The smallest absolute Gasteiger partial charge is 0.150 e. The summed E-state index contributed by atoms with van der Waals surface area (Å²) in [6, 6.07) is 5.86. The van der Waals surface area contributed by atoms with E-state index < -0.39 is 9.84 Å². The summed E-state index contributed by atoms with van der Waals surface area (Å²) in [6.45, 7) is 0. The highest BCUT2D eigenvalue weighted by atomic mass is 79.9. The van der Waals surface area contributed by atoms with Crippen LogP contribution in [0.15, 0.2) is 22.7 Å². The zero-order valence-electron chi connectivity index (χ0n) is 11.3. The first-order valence-corrected chi connectivity index (χ1v) is 9.69. The van der Waals surface area contributed by atoms with E-state index in [1.165, 1.54) is 0 Å². The molecule has 1 aromatic carbocycles. The van der Waals surface area contributed by atoms with Crippen molar-refractivity contribution in [2.75, 3.05) is 24.5 Å². The summed E-state index contributed by atoms with van der Waals surface area (Å²) in [5, 5.41) is 0. The summed E-state index contributed by atoms with van der Waals surface area (Å²) in [4.78, 5) is 0. The monoisotopic (exact) mass is 380 g/mol. The number of halogens is 2. The zero-order valence-corrected chi connectivity index (χ0v) is 14.5. The summed E-state index contributed by atoms with van der Waals surface area (Å²) >= 11 is 9.53. The van der Waals surface area contributed by atoms with Gasteiger partial charge in [0.15, 0.2) is 9.84 Å². The van der Waals surface area contributed by atoms with Gasteiger partial charge >= 0.3 is 0 Å². The molecule has 1 heterocycles. The molecule has 2 atom stereocenters. The minimum atomic E-state index is -2.87. The Kier molecular flexibility index (Phi) is 5.37. The molecular weight excluding hydrogens is 364 g/mol. The molecule has 0 aromatic heterocycles. The van der Waals surface area contributed by atoms with E-state index >= 15 is 0 Å². The maximum Gasteiger partial charge on any atom is 0.150 e. The average molecular weight is 382 g/mol. The molecule has 2 unspecified atom stereocenters. The molecule has 20 heavy (non-hydrogen) atoms. The maximum absolute atomic E-state index is 11.6. The second kappa shape index (κ2) is 6.67. The number of ether oxygens (including phenoxy) is 1. The lowest BCUT2D eigenvalue weighted by Crippen LogP contribution is -2.20.